The summed E-state index contributed by atoms with van der Waals surface area (Å²) in [4.78, 5) is 35.2. The van der Waals surface area contributed by atoms with Crippen LogP contribution in [0.15, 0.2) is 35.4 Å². The number of likely N-dealkylation sites (N-methyl/N-ethyl adjacent to an activating group) is 2. The lowest BCUT2D eigenvalue weighted by molar-refractivity contribution is -0.129. The van der Waals surface area contributed by atoms with Gasteiger partial charge in [0.15, 0.2) is 5.65 Å². The van der Waals surface area contributed by atoms with Gasteiger partial charge in [-0.2, -0.15) is 9.61 Å². The predicted molar refractivity (Wildman–Crippen MR) is 131 cm³/mol. The molecule has 1 amide bonds. The minimum Gasteiger partial charge on any atom is -0.497 e. The van der Waals surface area contributed by atoms with Gasteiger partial charge in [-0.05, 0) is 37.2 Å². The lowest BCUT2D eigenvalue weighted by Gasteiger charge is -2.18. The van der Waals surface area contributed by atoms with E-state index in [0.717, 1.165) is 32.0 Å². The normalized spacial score (nSPS) is 11.2. The summed E-state index contributed by atoms with van der Waals surface area (Å²) in [6, 6.07) is 7.66. The fourth-order valence-electron chi connectivity index (χ4n) is 3.63. The van der Waals surface area contributed by atoms with E-state index in [1.54, 1.807) is 42.0 Å². The zero-order valence-electron chi connectivity index (χ0n) is 18.8. The topological polar surface area (TPSA) is 85.0 Å². The van der Waals surface area contributed by atoms with E-state index in [9.17, 15) is 9.59 Å². The van der Waals surface area contributed by atoms with Crippen molar-refractivity contribution in [2.75, 3.05) is 34.8 Å². The van der Waals surface area contributed by atoms with Crippen molar-refractivity contribution in [3.63, 3.8) is 0 Å². The molecule has 4 rings (SSSR count). The van der Waals surface area contributed by atoms with Crippen molar-refractivity contribution < 1.29 is 9.53 Å². The van der Waals surface area contributed by atoms with Crippen LogP contribution in [0.25, 0.3) is 15.9 Å². The van der Waals surface area contributed by atoms with Crippen molar-refractivity contribution in [1.82, 2.24) is 29.0 Å². The van der Waals surface area contributed by atoms with Crippen LogP contribution in [0.3, 0.4) is 0 Å². The quantitative estimate of drug-likeness (QED) is 0.413. The first-order valence-corrected chi connectivity index (χ1v) is 11.0. The molecule has 0 aliphatic heterocycles. The summed E-state index contributed by atoms with van der Waals surface area (Å²) in [6.45, 7) is 3.36. The number of nitrogens with zero attached hydrogens (tertiary/aromatic N) is 6. The Morgan fingerprint density at radius 3 is 2.52 bits per heavy atom. The van der Waals surface area contributed by atoms with E-state index in [1.165, 1.54) is 10.8 Å². The van der Waals surface area contributed by atoms with Crippen LogP contribution in [0.2, 0.25) is 0 Å². The van der Waals surface area contributed by atoms with Gasteiger partial charge in [0, 0.05) is 25.5 Å². The van der Waals surface area contributed by atoms with E-state index < -0.39 is 0 Å². The van der Waals surface area contributed by atoms with Crippen LogP contribution in [-0.2, 0) is 17.9 Å². The van der Waals surface area contributed by atoms with Crippen LogP contribution in [0, 0.1) is 6.92 Å². The first-order chi connectivity index (χ1) is 15.3. The number of ether oxygens (including phenoxy) is 1. The molecular formula is C23H30N6O3S. The van der Waals surface area contributed by atoms with Crippen LogP contribution in [0.1, 0.15) is 23.4 Å². The molecule has 0 saturated carbocycles. The van der Waals surface area contributed by atoms with E-state index >= 15 is 0 Å². The Morgan fingerprint density at radius 2 is 1.88 bits per heavy atom. The lowest BCUT2D eigenvalue weighted by atomic mass is 10.2. The number of hydrogen-bond acceptors (Lipinski definition) is 7. The molecule has 3 heterocycles. The van der Waals surface area contributed by atoms with Gasteiger partial charge in [0.1, 0.15) is 16.9 Å². The third-order valence-corrected chi connectivity index (χ3v) is 6.77. The number of benzene rings is 1. The highest BCUT2D eigenvalue weighted by Gasteiger charge is 2.21. The van der Waals surface area contributed by atoms with Crippen LogP contribution in [0.4, 0.5) is 0 Å². The number of carbonyl (C=O) groups excluding carboxylic acids is 1. The maximum absolute atomic E-state index is 13.2. The van der Waals surface area contributed by atoms with Gasteiger partial charge >= 0.3 is 5.69 Å². The SMILES string of the molecule is C.COc1ccc(Cn2c(=O)n3ncnc3c3c(C)c(CN(C)CC(=O)N(C)C)sc32)cc1. The molecule has 10 heteroatoms. The molecule has 176 valence electrons. The number of aromatic nitrogens is 4. The maximum Gasteiger partial charge on any atom is 0.352 e. The fraction of sp³-hybridized carbons (Fsp3) is 0.391. The van der Waals surface area contributed by atoms with Crippen LogP contribution in [0.5, 0.6) is 5.75 Å². The minimum absolute atomic E-state index is 0. The monoisotopic (exact) mass is 470 g/mol. The molecule has 33 heavy (non-hydrogen) atoms. The molecule has 3 aromatic heterocycles. The van der Waals surface area contributed by atoms with E-state index in [2.05, 4.69) is 10.1 Å². The number of fused-ring (bicyclic) bond motifs is 3. The second-order valence-corrected chi connectivity index (χ2v) is 9.09. The number of amides is 1. The molecule has 0 N–H and O–H groups in total. The summed E-state index contributed by atoms with van der Waals surface area (Å²) < 4.78 is 8.34. The molecule has 0 spiro atoms. The van der Waals surface area contributed by atoms with Crippen molar-refractivity contribution in [2.24, 2.45) is 0 Å². The zero-order chi connectivity index (χ0) is 23.0. The Bertz CT molecular complexity index is 1340. The zero-order valence-corrected chi connectivity index (χ0v) is 19.6. The number of thiophene rings is 1. The standard InChI is InChI=1S/C22H26N6O3S.CH4/c1-14-17(11-26(4)12-18(29)25(2)3)32-21-19(14)20-23-13-24-28(20)22(30)27(21)10-15-6-8-16(31-5)9-7-15;/h6-9,13H,10-12H2,1-5H3;1H4. The predicted octanol–water partition coefficient (Wildman–Crippen LogP) is 2.63. The average molecular weight is 471 g/mol. The molecule has 0 aliphatic carbocycles. The van der Waals surface area contributed by atoms with Gasteiger partial charge in [-0.15, -0.1) is 11.3 Å². The van der Waals surface area contributed by atoms with Gasteiger partial charge < -0.3 is 9.64 Å². The van der Waals surface area contributed by atoms with Crippen molar-refractivity contribution in [3.8, 4) is 5.75 Å². The van der Waals surface area contributed by atoms with E-state index in [-0.39, 0.29) is 19.0 Å². The number of rotatable bonds is 7. The first kappa shape index (κ1) is 24.4. The second kappa shape index (κ2) is 9.72. The van der Waals surface area contributed by atoms with Crippen LogP contribution < -0.4 is 10.4 Å². The van der Waals surface area contributed by atoms with Gasteiger partial charge in [0.2, 0.25) is 5.91 Å². The fourth-order valence-corrected chi connectivity index (χ4v) is 5.00. The van der Waals surface area contributed by atoms with Crippen molar-refractivity contribution >= 4 is 33.1 Å². The van der Waals surface area contributed by atoms with Gasteiger partial charge in [0.25, 0.3) is 0 Å². The number of aryl methyl sites for hydroxylation is 1. The molecule has 0 atom stereocenters. The van der Waals surface area contributed by atoms with E-state index in [4.69, 9.17) is 4.74 Å². The molecule has 0 bridgehead atoms. The Balaban J connectivity index is 0.00000306. The number of carbonyl (C=O) groups is 1. The smallest absolute Gasteiger partial charge is 0.352 e. The molecule has 0 unspecified atom stereocenters. The summed E-state index contributed by atoms with van der Waals surface area (Å²) in [7, 11) is 7.05. The summed E-state index contributed by atoms with van der Waals surface area (Å²) in [5, 5.41) is 5.08. The molecule has 0 fully saturated rings. The largest absolute Gasteiger partial charge is 0.497 e. The van der Waals surface area contributed by atoms with Gasteiger partial charge in [-0.1, -0.05) is 19.6 Å². The van der Waals surface area contributed by atoms with Crippen LogP contribution >= 0.6 is 11.3 Å². The minimum atomic E-state index is -0.232. The molecule has 9 nitrogen and oxygen atoms in total. The van der Waals surface area contributed by atoms with E-state index in [0.29, 0.717) is 25.3 Å². The Labute approximate surface area is 196 Å². The maximum atomic E-state index is 13.2. The summed E-state index contributed by atoms with van der Waals surface area (Å²) >= 11 is 1.56. The Kier molecular flexibility index (Phi) is 7.19. The molecule has 0 saturated heterocycles. The first-order valence-electron chi connectivity index (χ1n) is 10.2. The molecule has 4 aromatic rings. The van der Waals surface area contributed by atoms with Crippen molar-refractivity contribution in [2.45, 2.75) is 27.4 Å². The molecule has 0 radical (unpaired) electrons. The highest BCUT2D eigenvalue weighted by Crippen LogP contribution is 2.33. The molecular weight excluding hydrogens is 440 g/mol. The molecule has 0 aliphatic rings. The molecule has 1 aromatic carbocycles. The number of hydrogen-bond donors (Lipinski definition) is 0. The Hall–Kier alpha value is -3.24. The third kappa shape index (κ3) is 4.62. The summed E-state index contributed by atoms with van der Waals surface area (Å²) in [5.41, 5.74) is 2.36. The van der Waals surface area contributed by atoms with Crippen LogP contribution in [-0.4, -0.2) is 69.7 Å². The highest BCUT2D eigenvalue weighted by atomic mass is 32.1. The lowest BCUT2D eigenvalue weighted by Crippen LogP contribution is -2.33. The van der Waals surface area contributed by atoms with Gasteiger partial charge in [-0.3, -0.25) is 14.3 Å². The van der Waals surface area contributed by atoms with Crippen molar-refractivity contribution in [1.29, 1.82) is 0 Å². The second-order valence-electron chi connectivity index (χ2n) is 8.00. The summed E-state index contributed by atoms with van der Waals surface area (Å²) in [6.07, 6.45) is 1.41. The number of methoxy groups -OCH3 is 1. The van der Waals surface area contributed by atoms with Crippen molar-refractivity contribution in [3.05, 3.63) is 57.1 Å². The Morgan fingerprint density at radius 1 is 1.18 bits per heavy atom. The van der Waals surface area contributed by atoms with Gasteiger partial charge in [0.05, 0.1) is 25.6 Å². The van der Waals surface area contributed by atoms with E-state index in [1.807, 2.05) is 43.1 Å². The average Bonchev–Trinajstić information content (AvgIpc) is 3.36. The highest BCUT2D eigenvalue weighted by molar-refractivity contribution is 7.19. The third-order valence-electron chi connectivity index (χ3n) is 5.47. The van der Waals surface area contributed by atoms with Gasteiger partial charge in [-0.25, -0.2) is 9.78 Å². The summed E-state index contributed by atoms with van der Waals surface area (Å²) in [5.74, 6) is 0.810.